The van der Waals surface area contributed by atoms with Crippen LogP contribution in [-0.4, -0.2) is 10.5 Å². The lowest BCUT2D eigenvalue weighted by Crippen LogP contribution is -2.51. The van der Waals surface area contributed by atoms with Crippen LogP contribution < -0.4 is 0 Å². The summed E-state index contributed by atoms with van der Waals surface area (Å²) in [7, 11) is 0. The van der Waals surface area contributed by atoms with Crippen molar-refractivity contribution >= 4 is 43.6 Å². The minimum atomic E-state index is -0.168. The molecule has 4 bridgehead atoms. The zero-order valence-electron chi connectivity index (χ0n) is 21.6. The van der Waals surface area contributed by atoms with Crippen molar-refractivity contribution in [2.45, 2.75) is 90.9 Å². The quantitative estimate of drug-likeness (QED) is 0.314. The van der Waals surface area contributed by atoms with Gasteiger partial charge in [-0.1, -0.05) is 47.6 Å². The van der Waals surface area contributed by atoms with E-state index in [1.165, 1.54) is 41.2 Å². The molecule has 0 aliphatic heterocycles. The van der Waals surface area contributed by atoms with E-state index in [4.69, 9.17) is 0 Å². The third-order valence-corrected chi connectivity index (χ3v) is 9.85. The summed E-state index contributed by atoms with van der Waals surface area (Å²) in [5.41, 5.74) is 4.69. The summed E-state index contributed by atoms with van der Waals surface area (Å²) in [5.74, 6) is 2.63. The molecule has 7 rings (SSSR count). The predicted molar refractivity (Wildman–Crippen MR) is 146 cm³/mol. The minimum absolute atomic E-state index is 0.0384. The Bertz CT molecular complexity index is 1290. The Morgan fingerprint density at radius 2 is 1.35 bits per heavy atom. The number of hydrogen-bond acceptors (Lipinski definition) is 1. The van der Waals surface area contributed by atoms with Crippen LogP contribution in [0.25, 0.3) is 21.8 Å². The first-order valence-corrected chi connectivity index (χ1v) is 14.0. The number of carbonyl (C=O) groups is 1. The maximum Gasteiger partial charge on any atom is 0.237 e. The van der Waals surface area contributed by atoms with Crippen LogP contribution >= 0.6 is 15.9 Å². The maximum absolute atomic E-state index is 14.6. The average molecular weight is 521 g/mol. The molecule has 2 nitrogen and oxygen atoms in total. The molecule has 0 amide bonds. The molecular formula is C31H38BrNO. The van der Waals surface area contributed by atoms with Crippen molar-refractivity contribution in [3.8, 4) is 0 Å². The second-order valence-corrected chi connectivity index (χ2v) is 14.8. The first-order valence-electron chi connectivity index (χ1n) is 13.2. The van der Waals surface area contributed by atoms with Crippen LogP contribution in [-0.2, 0) is 10.8 Å². The van der Waals surface area contributed by atoms with Gasteiger partial charge in [0.15, 0.2) is 0 Å². The Morgan fingerprint density at radius 3 is 1.88 bits per heavy atom. The standard InChI is InChI=1S/C31H38BrNO/c1-29(2,3)21-7-8-26-23(12-21)24-13-22(30(4,5)6)14-25(32)27(24)33(26)28(34)31-15-18-9-19(16-31)11-20(10-18)17-31/h7-8,12-14,18-20H,9-11,15-17H2,1-6H3. The minimum Gasteiger partial charge on any atom is -0.278 e. The van der Waals surface area contributed by atoms with E-state index in [1.54, 1.807) is 0 Å². The topological polar surface area (TPSA) is 22.0 Å². The van der Waals surface area contributed by atoms with Crippen LogP contribution in [0.1, 0.15) is 96.0 Å². The maximum atomic E-state index is 14.6. The van der Waals surface area contributed by atoms with Crippen LogP contribution in [0, 0.1) is 23.2 Å². The number of halogens is 1. The highest BCUT2D eigenvalue weighted by Gasteiger charge is 2.55. The molecule has 0 unspecified atom stereocenters. The summed E-state index contributed by atoms with van der Waals surface area (Å²) in [6.07, 6.45) is 7.35. The lowest BCUT2D eigenvalue weighted by atomic mass is 9.49. The Labute approximate surface area is 212 Å². The summed E-state index contributed by atoms with van der Waals surface area (Å²) in [6, 6.07) is 11.4. The Hall–Kier alpha value is -1.61. The van der Waals surface area contributed by atoms with Crippen molar-refractivity contribution < 1.29 is 4.79 Å². The molecule has 1 aromatic heterocycles. The molecule has 4 aliphatic rings. The zero-order valence-corrected chi connectivity index (χ0v) is 23.2. The molecule has 4 saturated carbocycles. The highest BCUT2D eigenvalue weighted by Crippen LogP contribution is 2.61. The van der Waals surface area contributed by atoms with Gasteiger partial charge >= 0.3 is 0 Å². The van der Waals surface area contributed by atoms with Gasteiger partial charge in [-0.05, 0) is 118 Å². The third-order valence-electron chi connectivity index (χ3n) is 9.24. The van der Waals surface area contributed by atoms with Gasteiger partial charge in [-0.3, -0.25) is 9.36 Å². The number of carbonyl (C=O) groups excluding carboxylic acids is 1. The number of rotatable bonds is 1. The Kier molecular flexibility index (Phi) is 4.84. The summed E-state index contributed by atoms with van der Waals surface area (Å²) >= 11 is 3.93. The van der Waals surface area contributed by atoms with E-state index in [0.717, 1.165) is 52.5 Å². The van der Waals surface area contributed by atoms with Crippen molar-refractivity contribution in [3.05, 3.63) is 45.9 Å². The SMILES string of the molecule is CC(C)(C)c1ccc2c(c1)c1cc(C(C)(C)C)cc(Br)c1n2C(=O)C12CC3CC(CC(C3)C1)C2. The molecule has 180 valence electrons. The molecule has 34 heavy (non-hydrogen) atoms. The summed E-state index contributed by atoms with van der Waals surface area (Å²) in [6.45, 7) is 13.6. The van der Waals surface area contributed by atoms with Crippen LogP contribution in [0.2, 0.25) is 0 Å². The summed E-state index contributed by atoms with van der Waals surface area (Å²) in [5, 5.41) is 2.42. The summed E-state index contributed by atoms with van der Waals surface area (Å²) < 4.78 is 3.17. The van der Waals surface area contributed by atoms with Gasteiger partial charge in [-0.25, -0.2) is 0 Å². The molecule has 0 N–H and O–H groups in total. The predicted octanol–water partition coefficient (Wildman–Crippen LogP) is 9.01. The van der Waals surface area contributed by atoms with E-state index in [-0.39, 0.29) is 16.2 Å². The number of nitrogens with zero attached hydrogens (tertiary/aromatic N) is 1. The molecule has 0 radical (unpaired) electrons. The van der Waals surface area contributed by atoms with E-state index in [0.29, 0.717) is 5.91 Å². The number of fused-ring (bicyclic) bond motifs is 3. The van der Waals surface area contributed by atoms with Crippen molar-refractivity contribution in [2.75, 3.05) is 0 Å². The van der Waals surface area contributed by atoms with E-state index < -0.39 is 0 Å². The van der Waals surface area contributed by atoms with Crippen LogP contribution in [0.4, 0.5) is 0 Å². The largest absolute Gasteiger partial charge is 0.278 e. The average Bonchev–Trinajstić information content (AvgIpc) is 3.05. The van der Waals surface area contributed by atoms with Crippen molar-refractivity contribution in [1.29, 1.82) is 0 Å². The number of hydrogen-bond donors (Lipinski definition) is 0. The van der Waals surface area contributed by atoms with E-state index in [1.807, 2.05) is 0 Å². The molecule has 3 aromatic rings. The van der Waals surface area contributed by atoms with Crippen molar-refractivity contribution in [2.24, 2.45) is 23.2 Å². The van der Waals surface area contributed by atoms with E-state index in [9.17, 15) is 4.79 Å². The van der Waals surface area contributed by atoms with Gasteiger partial charge in [0.2, 0.25) is 5.91 Å². The highest BCUT2D eigenvalue weighted by molar-refractivity contribution is 9.10. The number of aromatic nitrogens is 1. The molecular weight excluding hydrogens is 482 g/mol. The fourth-order valence-electron chi connectivity index (χ4n) is 7.82. The van der Waals surface area contributed by atoms with Crippen molar-refractivity contribution in [1.82, 2.24) is 4.57 Å². The van der Waals surface area contributed by atoms with Gasteiger partial charge in [-0.2, -0.15) is 0 Å². The molecule has 2 aromatic carbocycles. The smallest absolute Gasteiger partial charge is 0.237 e. The van der Waals surface area contributed by atoms with Crippen LogP contribution in [0.15, 0.2) is 34.8 Å². The van der Waals surface area contributed by atoms with Gasteiger partial charge in [0.05, 0.1) is 16.4 Å². The zero-order chi connectivity index (χ0) is 24.2. The lowest BCUT2D eigenvalue weighted by molar-refractivity contribution is -0.0395. The molecule has 1 heterocycles. The fourth-order valence-corrected chi connectivity index (χ4v) is 8.46. The Balaban J connectivity index is 1.63. The fraction of sp³-hybridized carbons (Fsp3) is 0.581. The summed E-state index contributed by atoms with van der Waals surface area (Å²) in [4.78, 5) is 14.6. The van der Waals surface area contributed by atoms with E-state index >= 15 is 0 Å². The van der Waals surface area contributed by atoms with Gasteiger partial charge in [0.25, 0.3) is 0 Å². The molecule has 4 fully saturated rings. The Morgan fingerprint density at radius 1 is 0.824 bits per heavy atom. The first kappa shape index (κ1) is 22.8. The van der Waals surface area contributed by atoms with Gasteiger partial charge in [0.1, 0.15) is 0 Å². The molecule has 0 atom stereocenters. The first-order chi connectivity index (χ1) is 15.9. The molecule has 4 aliphatic carbocycles. The number of benzene rings is 2. The van der Waals surface area contributed by atoms with E-state index in [2.05, 4.69) is 92.4 Å². The highest BCUT2D eigenvalue weighted by atomic mass is 79.9. The second-order valence-electron chi connectivity index (χ2n) is 13.9. The molecule has 0 spiro atoms. The van der Waals surface area contributed by atoms with Crippen LogP contribution in [0.3, 0.4) is 0 Å². The van der Waals surface area contributed by atoms with Gasteiger partial charge in [-0.15, -0.1) is 0 Å². The normalized spacial score (nSPS) is 28.9. The second kappa shape index (κ2) is 7.21. The molecule has 3 heteroatoms. The molecule has 0 saturated heterocycles. The van der Waals surface area contributed by atoms with Crippen LogP contribution in [0.5, 0.6) is 0 Å². The van der Waals surface area contributed by atoms with Gasteiger partial charge < -0.3 is 0 Å². The van der Waals surface area contributed by atoms with Crippen molar-refractivity contribution in [3.63, 3.8) is 0 Å². The third kappa shape index (κ3) is 3.36. The van der Waals surface area contributed by atoms with Gasteiger partial charge in [0, 0.05) is 15.2 Å². The lowest BCUT2D eigenvalue weighted by Gasteiger charge is -2.55. The monoisotopic (exact) mass is 519 g/mol.